The van der Waals surface area contributed by atoms with Gasteiger partial charge in [0.25, 0.3) is 0 Å². The van der Waals surface area contributed by atoms with Gasteiger partial charge in [-0.05, 0) is 49.7 Å². The van der Waals surface area contributed by atoms with E-state index in [1.807, 2.05) is 25.4 Å². The van der Waals surface area contributed by atoms with Crippen LogP contribution in [0.3, 0.4) is 0 Å². The summed E-state index contributed by atoms with van der Waals surface area (Å²) in [6, 6.07) is 7.39. The fourth-order valence-electron chi connectivity index (χ4n) is 3.41. The Morgan fingerprint density at radius 1 is 1.35 bits per heavy atom. The maximum absolute atomic E-state index is 13.8. The van der Waals surface area contributed by atoms with Crippen molar-refractivity contribution in [1.82, 2.24) is 20.0 Å². The van der Waals surface area contributed by atoms with Gasteiger partial charge >= 0.3 is 0 Å². The van der Waals surface area contributed by atoms with Crippen LogP contribution in [0.5, 0.6) is 0 Å². The molecule has 0 spiro atoms. The van der Waals surface area contributed by atoms with E-state index in [2.05, 4.69) is 22.4 Å². The zero-order chi connectivity index (χ0) is 16.4. The van der Waals surface area contributed by atoms with Gasteiger partial charge in [-0.3, -0.25) is 9.58 Å². The molecule has 1 N–H and O–H groups in total. The first-order chi connectivity index (χ1) is 11.0. The number of halogens is 2. The van der Waals surface area contributed by atoms with Crippen molar-refractivity contribution in [2.75, 3.05) is 20.1 Å². The summed E-state index contributed by atoms with van der Waals surface area (Å²) >= 11 is 5.80. The molecule has 1 saturated heterocycles. The van der Waals surface area contributed by atoms with Crippen LogP contribution in [0.1, 0.15) is 23.7 Å². The Morgan fingerprint density at radius 2 is 2.17 bits per heavy atom. The molecule has 2 atom stereocenters. The maximum Gasteiger partial charge on any atom is 0.142 e. The second kappa shape index (κ2) is 6.99. The van der Waals surface area contributed by atoms with E-state index in [0.717, 1.165) is 37.3 Å². The molecule has 0 saturated carbocycles. The number of hydrogen-bond donors (Lipinski definition) is 1. The lowest BCUT2D eigenvalue weighted by molar-refractivity contribution is 0.271. The third-order valence-electron chi connectivity index (χ3n) is 4.54. The number of aryl methyl sites for hydroxylation is 1. The predicted molar refractivity (Wildman–Crippen MR) is 89.8 cm³/mol. The van der Waals surface area contributed by atoms with Gasteiger partial charge in [0, 0.05) is 32.4 Å². The van der Waals surface area contributed by atoms with Crippen molar-refractivity contribution < 1.29 is 4.39 Å². The molecule has 23 heavy (non-hydrogen) atoms. The van der Waals surface area contributed by atoms with Crippen LogP contribution < -0.4 is 5.32 Å². The van der Waals surface area contributed by atoms with Gasteiger partial charge in [-0.1, -0.05) is 17.7 Å². The van der Waals surface area contributed by atoms with Gasteiger partial charge in [0.1, 0.15) is 5.82 Å². The minimum Gasteiger partial charge on any atom is -0.311 e. The zero-order valence-corrected chi connectivity index (χ0v) is 14.2. The van der Waals surface area contributed by atoms with E-state index in [4.69, 9.17) is 11.6 Å². The third kappa shape index (κ3) is 3.74. The number of hydrogen-bond acceptors (Lipinski definition) is 3. The van der Waals surface area contributed by atoms with Crippen LogP contribution in [0, 0.1) is 11.7 Å². The molecule has 124 valence electrons. The molecule has 1 aliphatic heterocycles. The predicted octanol–water partition coefficient (Wildman–Crippen LogP) is 3.00. The van der Waals surface area contributed by atoms with Crippen LogP contribution in [0.15, 0.2) is 30.5 Å². The molecule has 2 unspecified atom stereocenters. The summed E-state index contributed by atoms with van der Waals surface area (Å²) in [6.07, 6.45) is 3.04. The van der Waals surface area contributed by atoms with E-state index in [1.165, 1.54) is 0 Å². The quantitative estimate of drug-likeness (QED) is 0.911. The number of nitrogens with one attached hydrogen (secondary N) is 1. The minimum absolute atomic E-state index is 0.180. The second-order valence-corrected chi connectivity index (χ2v) is 6.67. The number of nitrogens with zero attached hydrogens (tertiary/aromatic N) is 3. The summed E-state index contributed by atoms with van der Waals surface area (Å²) in [6.45, 7) is 2.66. The molecular weight excluding hydrogens is 315 g/mol. The van der Waals surface area contributed by atoms with Crippen molar-refractivity contribution >= 4 is 11.6 Å². The van der Waals surface area contributed by atoms with E-state index in [0.29, 0.717) is 5.92 Å². The molecule has 1 aliphatic rings. The molecular formula is C17H22ClFN4. The van der Waals surface area contributed by atoms with Crippen LogP contribution >= 0.6 is 11.6 Å². The highest BCUT2D eigenvalue weighted by atomic mass is 35.5. The fourth-order valence-corrected chi connectivity index (χ4v) is 3.52. The van der Waals surface area contributed by atoms with Crippen molar-refractivity contribution in [1.29, 1.82) is 0 Å². The monoisotopic (exact) mass is 336 g/mol. The van der Waals surface area contributed by atoms with Crippen LogP contribution in [-0.4, -0.2) is 34.8 Å². The maximum atomic E-state index is 13.8. The molecule has 2 aromatic rings. The standard InChI is InChI=1S/C17H22ClFN4/c1-22-7-5-13(10-20-11-14-6-8-23(2)21-14)17(22)12-3-4-15(18)16(19)9-12/h3-4,6,8-9,13,17,20H,5,7,10-11H2,1-2H3. The molecule has 0 aliphatic carbocycles. The largest absolute Gasteiger partial charge is 0.311 e. The van der Waals surface area contributed by atoms with Gasteiger partial charge in [0.15, 0.2) is 0 Å². The SMILES string of the molecule is CN1CCC(CNCc2ccn(C)n2)C1c1ccc(Cl)c(F)c1. The lowest BCUT2D eigenvalue weighted by Crippen LogP contribution is -2.28. The lowest BCUT2D eigenvalue weighted by Gasteiger charge is -2.26. The summed E-state index contributed by atoms with van der Waals surface area (Å²) < 4.78 is 15.6. The van der Waals surface area contributed by atoms with Crippen LogP contribution in [0.25, 0.3) is 0 Å². The first-order valence-corrected chi connectivity index (χ1v) is 8.27. The van der Waals surface area contributed by atoms with E-state index < -0.39 is 0 Å². The lowest BCUT2D eigenvalue weighted by atomic mass is 9.93. The summed E-state index contributed by atoms with van der Waals surface area (Å²) in [5, 5.41) is 8.03. The Balaban J connectivity index is 1.64. The molecule has 0 amide bonds. The number of rotatable bonds is 5. The van der Waals surface area contributed by atoms with Gasteiger partial charge in [0.2, 0.25) is 0 Å². The fraction of sp³-hybridized carbons (Fsp3) is 0.471. The van der Waals surface area contributed by atoms with E-state index >= 15 is 0 Å². The first-order valence-electron chi connectivity index (χ1n) is 7.89. The zero-order valence-electron chi connectivity index (χ0n) is 13.5. The molecule has 6 heteroatoms. The molecule has 4 nitrogen and oxygen atoms in total. The highest BCUT2D eigenvalue weighted by Crippen LogP contribution is 2.36. The first kappa shape index (κ1) is 16.4. The summed E-state index contributed by atoms with van der Waals surface area (Å²) in [4.78, 5) is 2.29. The molecule has 2 heterocycles. The average Bonchev–Trinajstić information content (AvgIpc) is 3.09. The Morgan fingerprint density at radius 3 is 2.87 bits per heavy atom. The number of benzene rings is 1. The minimum atomic E-state index is -0.343. The molecule has 1 aromatic carbocycles. The topological polar surface area (TPSA) is 33.1 Å². The summed E-state index contributed by atoms with van der Waals surface area (Å²) in [5.74, 6) is 0.106. The van der Waals surface area contributed by atoms with Gasteiger partial charge in [-0.2, -0.15) is 5.10 Å². The number of aromatic nitrogens is 2. The Labute approximate surface area is 141 Å². The smallest absolute Gasteiger partial charge is 0.142 e. The van der Waals surface area contributed by atoms with Crippen LogP contribution in [0.4, 0.5) is 4.39 Å². The van der Waals surface area contributed by atoms with Crippen molar-refractivity contribution in [3.63, 3.8) is 0 Å². The van der Waals surface area contributed by atoms with Crippen molar-refractivity contribution in [3.05, 3.63) is 52.6 Å². The van der Waals surface area contributed by atoms with Crippen LogP contribution in [-0.2, 0) is 13.6 Å². The third-order valence-corrected chi connectivity index (χ3v) is 4.85. The summed E-state index contributed by atoms with van der Waals surface area (Å²) in [5.41, 5.74) is 2.03. The van der Waals surface area contributed by atoms with E-state index in [-0.39, 0.29) is 16.9 Å². The molecule has 0 radical (unpaired) electrons. The van der Waals surface area contributed by atoms with Gasteiger partial charge in [-0.25, -0.2) is 4.39 Å². The average molecular weight is 337 g/mol. The molecule has 1 fully saturated rings. The van der Waals surface area contributed by atoms with E-state index in [9.17, 15) is 4.39 Å². The second-order valence-electron chi connectivity index (χ2n) is 6.26. The highest BCUT2D eigenvalue weighted by Gasteiger charge is 2.32. The Kier molecular flexibility index (Phi) is 4.99. The molecule has 1 aromatic heterocycles. The Bertz CT molecular complexity index is 672. The van der Waals surface area contributed by atoms with Crippen molar-refractivity contribution in [3.8, 4) is 0 Å². The number of likely N-dealkylation sites (tertiary alicyclic amines) is 1. The van der Waals surface area contributed by atoms with Crippen molar-refractivity contribution in [2.24, 2.45) is 13.0 Å². The molecule has 0 bridgehead atoms. The van der Waals surface area contributed by atoms with Crippen LogP contribution in [0.2, 0.25) is 5.02 Å². The summed E-state index contributed by atoms with van der Waals surface area (Å²) in [7, 11) is 4.01. The highest BCUT2D eigenvalue weighted by molar-refractivity contribution is 6.30. The van der Waals surface area contributed by atoms with Gasteiger partial charge < -0.3 is 5.32 Å². The van der Waals surface area contributed by atoms with Gasteiger partial charge in [-0.15, -0.1) is 0 Å². The normalized spacial score (nSPS) is 21.9. The van der Waals surface area contributed by atoms with Gasteiger partial charge in [0.05, 0.1) is 10.7 Å². The van der Waals surface area contributed by atoms with Crippen molar-refractivity contribution in [2.45, 2.75) is 19.0 Å². The Hall–Kier alpha value is -1.43. The molecule has 3 rings (SSSR count). The van der Waals surface area contributed by atoms with E-state index in [1.54, 1.807) is 16.8 Å².